The molecule has 1 atom stereocenters. The van der Waals surface area contributed by atoms with Crippen LogP contribution in [0.1, 0.15) is 31.0 Å². The highest BCUT2D eigenvalue weighted by Gasteiger charge is 2.35. The normalized spacial score (nSPS) is 15.6. The van der Waals surface area contributed by atoms with Crippen LogP contribution in [0.4, 0.5) is 4.39 Å². The predicted octanol–water partition coefficient (Wildman–Crippen LogP) is 2.95. The standard InChI is InChI=1S/C25H23FN2O5S/c1-5-33-24(30)21-14(2)27-25-28(22(21)18-11-10-17(31-3)13-19(18)32-4)23(29)20(34-25)12-15-6-8-16(26)9-7-15/h6-13,22H,5H2,1-4H3. The minimum absolute atomic E-state index is 0.178. The number of hydrogen-bond donors (Lipinski definition) is 0. The lowest BCUT2D eigenvalue weighted by molar-refractivity contribution is -0.139. The molecule has 34 heavy (non-hydrogen) atoms. The molecule has 7 nitrogen and oxygen atoms in total. The van der Waals surface area contributed by atoms with Gasteiger partial charge in [-0.1, -0.05) is 23.5 Å². The Morgan fingerprint density at radius 2 is 1.91 bits per heavy atom. The van der Waals surface area contributed by atoms with Crippen LogP contribution >= 0.6 is 11.3 Å². The van der Waals surface area contributed by atoms with Crippen molar-refractivity contribution >= 4 is 23.4 Å². The highest BCUT2D eigenvalue weighted by atomic mass is 32.1. The van der Waals surface area contributed by atoms with Gasteiger partial charge in [-0.3, -0.25) is 9.36 Å². The molecule has 0 saturated heterocycles. The fraction of sp³-hybridized carbons (Fsp3) is 0.240. The summed E-state index contributed by atoms with van der Waals surface area (Å²) in [6, 6.07) is 10.2. The summed E-state index contributed by atoms with van der Waals surface area (Å²) in [5.74, 6) is 0.107. The fourth-order valence-corrected chi connectivity index (χ4v) is 4.89. The molecule has 2 aromatic carbocycles. The molecule has 1 aliphatic heterocycles. The summed E-state index contributed by atoms with van der Waals surface area (Å²) in [6.45, 7) is 3.61. The lowest BCUT2D eigenvalue weighted by atomic mass is 9.95. The van der Waals surface area contributed by atoms with E-state index in [1.807, 2.05) is 0 Å². The van der Waals surface area contributed by atoms with Crippen molar-refractivity contribution in [2.24, 2.45) is 4.99 Å². The van der Waals surface area contributed by atoms with Crippen molar-refractivity contribution in [1.82, 2.24) is 4.57 Å². The van der Waals surface area contributed by atoms with Crippen LogP contribution in [0.2, 0.25) is 0 Å². The zero-order valence-electron chi connectivity index (χ0n) is 19.1. The summed E-state index contributed by atoms with van der Waals surface area (Å²) in [5, 5.41) is 0. The van der Waals surface area contributed by atoms with Gasteiger partial charge in [-0.05, 0) is 49.8 Å². The molecule has 0 aliphatic carbocycles. The van der Waals surface area contributed by atoms with Gasteiger partial charge < -0.3 is 14.2 Å². The molecule has 0 bridgehead atoms. The quantitative estimate of drug-likeness (QED) is 0.505. The van der Waals surface area contributed by atoms with Crippen LogP contribution in [-0.4, -0.2) is 31.4 Å². The third kappa shape index (κ3) is 4.26. The molecule has 0 radical (unpaired) electrons. The largest absolute Gasteiger partial charge is 0.497 e. The SMILES string of the molecule is CCOC(=O)C1=C(C)N=c2sc(=Cc3ccc(F)cc3)c(=O)n2C1c1ccc(OC)cc1OC. The van der Waals surface area contributed by atoms with E-state index in [1.165, 1.54) is 35.1 Å². The smallest absolute Gasteiger partial charge is 0.338 e. The minimum Gasteiger partial charge on any atom is -0.497 e. The Morgan fingerprint density at radius 1 is 1.18 bits per heavy atom. The van der Waals surface area contributed by atoms with Gasteiger partial charge in [0, 0.05) is 11.6 Å². The number of esters is 1. The van der Waals surface area contributed by atoms with E-state index >= 15 is 0 Å². The van der Waals surface area contributed by atoms with Gasteiger partial charge in [0.1, 0.15) is 23.4 Å². The number of hydrogen-bond acceptors (Lipinski definition) is 7. The molecule has 1 unspecified atom stereocenters. The molecule has 0 amide bonds. The van der Waals surface area contributed by atoms with Crippen molar-refractivity contribution in [1.29, 1.82) is 0 Å². The summed E-state index contributed by atoms with van der Waals surface area (Å²) >= 11 is 1.19. The van der Waals surface area contributed by atoms with Gasteiger partial charge in [-0.2, -0.15) is 0 Å². The Kier molecular flexibility index (Phi) is 6.65. The number of thiazole rings is 1. The predicted molar refractivity (Wildman–Crippen MR) is 126 cm³/mol. The van der Waals surface area contributed by atoms with E-state index in [9.17, 15) is 14.0 Å². The second-order valence-electron chi connectivity index (χ2n) is 7.46. The number of carbonyl (C=O) groups excluding carboxylic acids is 1. The molecule has 1 aromatic heterocycles. The van der Waals surface area contributed by atoms with Gasteiger partial charge >= 0.3 is 5.97 Å². The van der Waals surface area contributed by atoms with Crippen LogP contribution in [0.5, 0.6) is 11.5 Å². The van der Waals surface area contributed by atoms with Crippen molar-refractivity contribution in [3.63, 3.8) is 0 Å². The summed E-state index contributed by atoms with van der Waals surface area (Å²) in [5.41, 5.74) is 1.65. The number of fused-ring (bicyclic) bond motifs is 1. The van der Waals surface area contributed by atoms with E-state index in [0.29, 0.717) is 37.7 Å². The van der Waals surface area contributed by atoms with Crippen LogP contribution < -0.4 is 24.4 Å². The average Bonchev–Trinajstić information content (AvgIpc) is 3.13. The first-order chi connectivity index (χ1) is 16.4. The first-order valence-corrected chi connectivity index (χ1v) is 11.4. The van der Waals surface area contributed by atoms with Crippen molar-refractivity contribution in [3.8, 4) is 11.5 Å². The van der Waals surface area contributed by atoms with Gasteiger partial charge in [0.25, 0.3) is 5.56 Å². The zero-order valence-corrected chi connectivity index (χ0v) is 19.9. The van der Waals surface area contributed by atoms with Crippen molar-refractivity contribution < 1.29 is 23.4 Å². The Labute approximate surface area is 199 Å². The minimum atomic E-state index is -0.813. The van der Waals surface area contributed by atoms with E-state index in [2.05, 4.69) is 4.99 Å². The molecule has 0 fully saturated rings. The monoisotopic (exact) mass is 482 g/mol. The van der Waals surface area contributed by atoms with Gasteiger partial charge in [0.15, 0.2) is 4.80 Å². The van der Waals surface area contributed by atoms with Crippen molar-refractivity contribution in [2.75, 3.05) is 20.8 Å². The van der Waals surface area contributed by atoms with E-state index in [1.54, 1.807) is 57.4 Å². The van der Waals surface area contributed by atoms with E-state index in [-0.39, 0.29) is 23.6 Å². The Morgan fingerprint density at radius 3 is 2.56 bits per heavy atom. The number of halogens is 1. The van der Waals surface area contributed by atoms with Gasteiger partial charge in [0.05, 0.1) is 36.6 Å². The second kappa shape index (κ2) is 9.64. The molecule has 3 aromatic rings. The van der Waals surface area contributed by atoms with Crippen molar-refractivity contribution in [3.05, 3.63) is 90.4 Å². The average molecular weight is 483 g/mol. The summed E-state index contributed by atoms with van der Waals surface area (Å²) in [4.78, 5) is 31.6. The number of rotatable bonds is 6. The number of allylic oxidation sites excluding steroid dienone is 1. The molecule has 4 rings (SSSR count). The van der Waals surface area contributed by atoms with Crippen LogP contribution in [0, 0.1) is 5.82 Å². The third-order valence-corrected chi connectivity index (χ3v) is 6.40. The lowest BCUT2D eigenvalue weighted by Gasteiger charge is -2.26. The topological polar surface area (TPSA) is 79.1 Å². The number of carbonyl (C=O) groups is 1. The maximum Gasteiger partial charge on any atom is 0.338 e. The Bertz CT molecular complexity index is 1450. The van der Waals surface area contributed by atoms with Gasteiger partial charge in [-0.15, -0.1) is 0 Å². The maximum atomic E-state index is 13.6. The molecule has 9 heteroatoms. The maximum absolute atomic E-state index is 13.6. The summed E-state index contributed by atoms with van der Waals surface area (Å²) in [6.07, 6.45) is 1.68. The molecule has 0 saturated carbocycles. The molecule has 176 valence electrons. The second-order valence-corrected chi connectivity index (χ2v) is 8.47. The molecule has 1 aliphatic rings. The van der Waals surface area contributed by atoms with Crippen LogP contribution in [0.15, 0.2) is 63.5 Å². The van der Waals surface area contributed by atoms with E-state index in [0.717, 1.165) is 0 Å². The Balaban J connectivity index is 1.99. The molecular formula is C25H23FN2O5S. The summed E-state index contributed by atoms with van der Waals surface area (Å²) < 4.78 is 31.4. The van der Waals surface area contributed by atoms with Crippen LogP contribution in [-0.2, 0) is 9.53 Å². The molecule has 0 spiro atoms. The lowest BCUT2D eigenvalue weighted by Crippen LogP contribution is -2.40. The number of benzene rings is 2. The summed E-state index contributed by atoms with van der Waals surface area (Å²) in [7, 11) is 3.05. The zero-order chi connectivity index (χ0) is 24.4. The van der Waals surface area contributed by atoms with Crippen LogP contribution in [0.3, 0.4) is 0 Å². The number of ether oxygens (including phenoxy) is 3. The first kappa shape index (κ1) is 23.4. The van der Waals surface area contributed by atoms with Gasteiger partial charge in [0.2, 0.25) is 0 Å². The number of nitrogens with zero attached hydrogens (tertiary/aromatic N) is 2. The van der Waals surface area contributed by atoms with Crippen molar-refractivity contribution in [2.45, 2.75) is 19.9 Å². The van der Waals surface area contributed by atoms with E-state index < -0.39 is 12.0 Å². The first-order valence-electron chi connectivity index (χ1n) is 10.5. The molecular weight excluding hydrogens is 459 g/mol. The number of aromatic nitrogens is 1. The molecule has 2 heterocycles. The highest BCUT2D eigenvalue weighted by Crippen LogP contribution is 2.37. The fourth-order valence-electron chi connectivity index (χ4n) is 3.84. The van der Waals surface area contributed by atoms with E-state index in [4.69, 9.17) is 14.2 Å². The highest BCUT2D eigenvalue weighted by molar-refractivity contribution is 7.07. The number of methoxy groups -OCH3 is 2. The molecule has 0 N–H and O–H groups in total. The Hall–Kier alpha value is -3.72. The van der Waals surface area contributed by atoms with Gasteiger partial charge in [-0.25, -0.2) is 14.2 Å². The van der Waals surface area contributed by atoms with Crippen LogP contribution in [0.25, 0.3) is 6.08 Å². The third-order valence-electron chi connectivity index (χ3n) is 5.42.